The van der Waals surface area contributed by atoms with Crippen LogP contribution in [-0.4, -0.2) is 17.4 Å². The molecule has 130 valence electrons. The largest absolute Gasteiger partial charge is 0.481 e. The number of aldehydes is 1. The molecule has 0 radical (unpaired) electrons. The Labute approximate surface area is 141 Å². The van der Waals surface area contributed by atoms with Gasteiger partial charge in [0.1, 0.15) is 6.29 Å². The molecule has 0 unspecified atom stereocenters. The number of benzene rings is 1. The first-order chi connectivity index (χ1) is 11.2. The monoisotopic (exact) mass is 320 g/mol. The average Bonchev–Trinajstić information content (AvgIpc) is 2.55. The zero-order valence-corrected chi connectivity index (χ0v) is 14.5. The van der Waals surface area contributed by atoms with Crippen molar-refractivity contribution in [2.75, 3.05) is 0 Å². The van der Waals surface area contributed by atoms with Crippen LogP contribution < -0.4 is 0 Å². The zero-order chi connectivity index (χ0) is 17.2. The van der Waals surface area contributed by atoms with Crippen LogP contribution in [0.2, 0.25) is 0 Å². The molecular formula is C20H32O3. The highest BCUT2D eigenvalue weighted by molar-refractivity contribution is 5.66. The second-order valence-electron chi connectivity index (χ2n) is 5.83. The van der Waals surface area contributed by atoms with Crippen molar-refractivity contribution in [2.24, 2.45) is 0 Å². The molecule has 0 aliphatic heterocycles. The van der Waals surface area contributed by atoms with Crippen molar-refractivity contribution >= 4 is 12.3 Å². The molecule has 0 spiro atoms. The van der Waals surface area contributed by atoms with E-state index in [1.54, 1.807) is 0 Å². The standard InChI is InChI=1S/C12H24O2.C8H8O/c1-2-3-4-5-6-7-8-9-10-11-12(13)14;9-7-6-8-4-2-1-3-5-8/h2-11H2,1H3,(H,13,14);1-5,7H,6H2. The third kappa shape index (κ3) is 16.6. The van der Waals surface area contributed by atoms with Gasteiger partial charge in [0.15, 0.2) is 0 Å². The van der Waals surface area contributed by atoms with Gasteiger partial charge in [0, 0.05) is 12.8 Å². The number of hydrogen-bond acceptors (Lipinski definition) is 2. The van der Waals surface area contributed by atoms with Crippen LogP contribution in [0.25, 0.3) is 0 Å². The molecule has 0 amide bonds. The summed E-state index contributed by atoms with van der Waals surface area (Å²) in [6.07, 6.45) is 12.9. The van der Waals surface area contributed by atoms with E-state index in [0.717, 1.165) is 24.7 Å². The maximum absolute atomic E-state index is 10.2. The number of hydrogen-bond donors (Lipinski definition) is 1. The summed E-state index contributed by atoms with van der Waals surface area (Å²) in [6, 6.07) is 9.68. The van der Waals surface area contributed by atoms with E-state index < -0.39 is 5.97 Å². The third-order valence-corrected chi connectivity index (χ3v) is 3.66. The highest BCUT2D eigenvalue weighted by Crippen LogP contribution is 2.10. The average molecular weight is 320 g/mol. The molecule has 0 aliphatic rings. The van der Waals surface area contributed by atoms with Gasteiger partial charge in [0.25, 0.3) is 0 Å². The molecule has 0 fully saturated rings. The van der Waals surface area contributed by atoms with E-state index in [-0.39, 0.29) is 0 Å². The van der Waals surface area contributed by atoms with Gasteiger partial charge in [-0.15, -0.1) is 0 Å². The molecule has 1 aromatic carbocycles. The summed E-state index contributed by atoms with van der Waals surface area (Å²) in [6.45, 7) is 2.23. The Kier molecular flexibility index (Phi) is 15.5. The van der Waals surface area contributed by atoms with Gasteiger partial charge in [-0.3, -0.25) is 4.79 Å². The van der Waals surface area contributed by atoms with Gasteiger partial charge in [-0.2, -0.15) is 0 Å². The zero-order valence-electron chi connectivity index (χ0n) is 14.5. The Balaban J connectivity index is 0.000000459. The van der Waals surface area contributed by atoms with Gasteiger partial charge >= 0.3 is 5.97 Å². The first-order valence-corrected chi connectivity index (χ1v) is 8.90. The quantitative estimate of drug-likeness (QED) is 0.413. The normalized spacial score (nSPS) is 9.78. The van der Waals surface area contributed by atoms with E-state index in [1.165, 1.54) is 44.9 Å². The summed E-state index contributed by atoms with van der Waals surface area (Å²) in [4.78, 5) is 20.2. The van der Waals surface area contributed by atoms with E-state index in [4.69, 9.17) is 5.11 Å². The van der Waals surface area contributed by atoms with Gasteiger partial charge < -0.3 is 9.90 Å². The number of carboxylic acid groups (broad SMARTS) is 1. The number of unbranched alkanes of at least 4 members (excludes halogenated alkanes) is 8. The Hall–Kier alpha value is -1.64. The smallest absolute Gasteiger partial charge is 0.303 e. The summed E-state index contributed by atoms with van der Waals surface area (Å²) in [7, 11) is 0. The van der Waals surface area contributed by atoms with Gasteiger partial charge in [-0.05, 0) is 12.0 Å². The van der Waals surface area contributed by atoms with Crippen LogP contribution in [0.5, 0.6) is 0 Å². The predicted octanol–water partition coefficient (Wildman–Crippen LogP) is 5.42. The van der Waals surface area contributed by atoms with E-state index in [9.17, 15) is 9.59 Å². The number of carboxylic acids is 1. The fourth-order valence-electron chi connectivity index (χ4n) is 2.30. The molecule has 0 aromatic heterocycles. The summed E-state index contributed by atoms with van der Waals surface area (Å²) < 4.78 is 0. The molecule has 0 bridgehead atoms. The second kappa shape index (κ2) is 16.7. The van der Waals surface area contributed by atoms with E-state index in [1.807, 2.05) is 30.3 Å². The van der Waals surface area contributed by atoms with Gasteiger partial charge in [-0.25, -0.2) is 0 Å². The number of aliphatic carboxylic acids is 1. The fourth-order valence-corrected chi connectivity index (χ4v) is 2.30. The molecular weight excluding hydrogens is 288 g/mol. The third-order valence-electron chi connectivity index (χ3n) is 3.66. The Morgan fingerprint density at radius 3 is 1.91 bits per heavy atom. The second-order valence-corrected chi connectivity index (χ2v) is 5.83. The molecule has 3 nitrogen and oxygen atoms in total. The fraction of sp³-hybridized carbons (Fsp3) is 0.600. The van der Waals surface area contributed by atoms with Crippen LogP contribution >= 0.6 is 0 Å². The van der Waals surface area contributed by atoms with Gasteiger partial charge in [-0.1, -0.05) is 88.6 Å². The maximum Gasteiger partial charge on any atom is 0.303 e. The van der Waals surface area contributed by atoms with E-state index in [0.29, 0.717) is 12.8 Å². The first-order valence-electron chi connectivity index (χ1n) is 8.90. The summed E-state index contributed by atoms with van der Waals surface area (Å²) in [5.41, 5.74) is 1.08. The molecule has 0 atom stereocenters. The van der Waals surface area contributed by atoms with Crippen molar-refractivity contribution in [3.05, 3.63) is 35.9 Å². The molecule has 1 aromatic rings. The lowest BCUT2D eigenvalue weighted by molar-refractivity contribution is -0.137. The Bertz CT molecular complexity index is 387. The SMILES string of the molecule is CCCCCCCCCCCC(=O)O.O=CCc1ccccc1. The molecule has 0 saturated heterocycles. The van der Waals surface area contributed by atoms with Gasteiger partial charge in [0.2, 0.25) is 0 Å². The van der Waals surface area contributed by atoms with Crippen molar-refractivity contribution in [3.63, 3.8) is 0 Å². The molecule has 1 N–H and O–H groups in total. The first kappa shape index (κ1) is 21.4. The van der Waals surface area contributed by atoms with Crippen LogP contribution in [0, 0.1) is 0 Å². The van der Waals surface area contributed by atoms with Crippen LogP contribution in [0.1, 0.15) is 76.7 Å². The highest BCUT2D eigenvalue weighted by Gasteiger charge is 1.96. The number of rotatable bonds is 12. The van der Waals surface area contributed by atoms with Crippen molar-refractivity contribution in [1.82, 2.24) is 0 Å². The van der Waals surface area contributed by atoms with E-state index in [2.05, 4.69) is 6.92 Å². The molecule has 0 heterocycles. The van der Waals surface area contributed by atoms with Crippen molar-refractivity contribution in [2.45, 2.75) is 77.6 Å². The topological polar surface area (TPSA) is 54.4 Å². The van der Waals surface area contributed by atoms with Gasteiger partial charge in [0.05, 0.1) is 0 Å². The maximum atomic E-state index is 10.2. The predicted molar refractivity (Wildman–Crippen MR) is 95.7 cm³/mol. The summed E-state index contributed by atoms with van der Waals surface area (Å²) >= 11 is 0. The van der Waals surface area contributed by atoms with Crippen molar-refractivity contribution in [3.8, 4) is 0 Å². The number of carbonyl (C=O) groups excluding carboxylic acids is 1. The summed E-state index contributed by atoms with van der Waals surface area (Å²) in [5.74, 6) is -0.659. The van der Waals surface area contributed by atoms with Crippen LogP contribution in [-0.2, 0) is 16.0 Å². The minimum atomic E-state index is -0.659. The molecule has 1 rings (SSSR count). The number of carbonyl (C=O) groups is 2. The Morgan fingerprint density at radius 2 is 1.43 bits per heavy atom. The van der Waals surface area contributed by atoms with Crippen LogP contribution in [0.15, 0.2) is 30.3 Å². The van der Waals surface area contributed by atoms with Crippen LogP contribution in [0.4, 0.5) is 0 Å². The lowest BCUT2D eigenvalue weighted by Gasteiger charge is -2.00. The molecule has 0 saturated carbocycles. The molecule has 3 heteroatoms. The molecule has 23 heavy (non-hydrogen) atoms. The summed E-state index contributed by atoms with van der Waals surface area (Å²) in [5, 5.41) is 8.41. The Morgan fingerprint density at radius 1 is 0.913 bits per heavy atom. The van der Waals surface area contributed by atoms with Crippen LogP contribution in [0.3, 0.4) is 0 Å². The minimum absolute atomic E-state index is 0.343. The van der Waals surface area contributed by atoms with Crippen molar-refractivity contribution < 1.29 is 14.7 Å². The van der Waals surface area contributed by atoms with Crippen molar-refractivity contribution in [1.29, 1.82) is 0 Å². The molecule has 0 aliphatic carbocycles. The highest BCUT2D eigenvalue weighted by atomic mass is 16.4. The lowest BCUT2D eigenvalue weighted by Crippen LogP contribution is -1.93. The lowest BCUT2D eigenvalue weighted by atomic mass is 10.1. The minimum Gasteiger partial charge on any atom is -0.481 e. The van der Waals surface area contributed by atoms with E-state index >= 15 is 0 Å².